The Morgan fingerprint density at radius 1 is 1.04 bits per heavy atom. The summed E-state index contributed by atoms with van der Waals surface area (Å²) in [5.74, 6) is -2.66. The second-order valence-corrected chi connectivity index (χ2v) is 5.64. The van der Waals surface area contributed by atoms with E-state index in [0.29, 0.717) is 10.6 Å². The molecule has 0 aliphatic heterocycles. The van der Waals surface area contributed by atoms with Crippen molar-refractivity contribution < 1.29 is 19.2 Å². The maximum Gasteiger partial charge on any atom is 0.327 e. The molecule has 9 heteroatoms. The van der Waals surface area contributed by atoms with Gasteiger partial charge in [0.05, 0.1) is 10.6 Å². The van der Waals surface area contributed by atoms with Gasteiger partial charge >= 0.3 is 11.8 Å². The van der Waals surface area contributed by atoms with E-state index in [1.807, 2.05) is 5.43 Å². The molecule has 1 aliphatic carbocycles. The molecular formula is C15H17ClN4O4. The number of carbonyl (C=O) groups is 4. The normalized spacial score (nSPS) is 12.9. The Balaban J connectivity index is 1.64. The Kier molecular flexibility index (Phi) is 6.14. The molecule has 0 unspecified atom stereocenters. The zero-order chi connectivity index (χ0) is 17.5. The monoisotopic (exact) mass is 352 g/mol. The fraction of sp³-hybridized carbons (Fsp3) is 0.333. The molecule has 0 radical (unpaired) electrons. The number of benzene rings is 1. The highest BCUT2D eigenvalue weighted by molar-refractivity contribution is 6.35. The van der Waals surface area contributed by atoms with Gasteiger partial charge < -0.3 is 10.6 Å². The standard InChI is InChI=1S/C15H17ClN4O4/c16-11-4-2-1-3-10(11)13(22)17-8-7-12(21)19-20-15(24)14(23)18-9-5-6-9/h1-4,9H,5-8H2,(H,17,22)(H,18,23)(H,19,21)(H,20,24). The number of rotatable bonds is 5. The Morgan fingerprint density at radius 3 is 2.42 bits per heavy atom. The molecule has 1 fully saturated rings. The molecule has 0 heterocycles. The molecule has 0 aromatic heterocycles. The third-order valence-electron chi connectivity index (χ3n) is 3.19. The Bertz CT molecular complexity index is 661. The maximum absolute atomic E-state index is 11.9. The van der Waals surface area contributed by atoms with E-state index >= 15 is 0 Å². The van der Waals surface area contributed by atoms with E-state index in [4.69, 9.17) is 11.6 Å². The van der Waals surface area contributed by atoms with Gasteiger partial charge in [-0.1, -0.05) is 23.7 Å². The fourth-order valence-electron chi connectivity index (χ4n) is 1.75. The smallest absolute Gasteiger partial charge is 0.327 e. The van der Waals surface area contributed by atoms with Crippen molar-refractivity contribution in [3.63, 3.8) is 0 Å². The quantitative estimate of drug-likeness (QED) is 0.437. The maximum atomic E-state index is 11.9. The summed E-state index contributed by atoms with van der Waals surface area (Å²) < 4.78 is 0. The Hall–Kier alpha value is -2.61. The molecule has 0 atom stereocenters. The van der Waals surface area contributed by atoms with Crippen molar-refractivity contribution in [2.24, 2.45) is 0 Å². The molecule has 128 valence electrons. The van der Waals surface area contributed by atoms with E-state index < -0.39 is 23.6 Å². The lowest BCUT2D eigenvalue weighted by Crippen LogP contribution is -2.49. The lowest BCUT2D eigenvalue weighted by atomic mass is 10.2. The summed E-state index contributed by atoms with van der Waals surface area (Å²) in [5, 5.41) is 5.34. The van der Waals surface area contributed by atoms with Crippen LogP contribution in [-0.2, 0) is 14.4 Å². The number of halogens is 1. The first-order chi connectivity index (χ1) is 11.5. The first-order valence-corrected chi connectivity index (χ1v) is 7.77. The van der Waals surface area contributed by atoms with Crippen LogP contribution in [0.25, 0.3) is 0 Å². The molecule has 4 amide bonds. The van der Waals surface area contributed by atoms with E-state index in [1.54, 1.807) is 24.3 Å². The summed E-state index contributed by atoms with van der Waals surface area (Å²) in [6, 6.07) is 6.59. The number of hydrazine groups is 1. The van der Waals surface area contributed by atoms with Crippen LogP contribution in [0.4, 0.5) is 0 Å². The van der Waals surface area contributed by atoms with Gasteiger partial charge in [-0.25, -0.2) is 0 Å². The minimum atomic E-state index is -0.935. The zero-order valence-corrected chi connectivity index (χ0v) is 13.5. The van der Waals surface area contributed by atoms with Gasteiger partial charge in [-0.3, -0.25) is 30.0 Å². The SMILES string of the molecule is O=C(CCNC(=O)c1ccccc1Cl)NNC(=O)C(=O)NC1CC1. The van der Waals surface area contributed by atoms with Crippen LogP contribution in [0, 0.1) is 0 Å². The molecule has 1 saturated carbocycles. The van der Waals surface area contributed by atoms with Gasteiger partial charge in [0, 0.05) is 19.0 Å². The summed E-state index contributed by atoms with van der Waals surface area (Å²) >= 11 is 5.89. The molecule has 2 rings (SSSR count). The molecule has 1 aromatic carbocycles. The minimum Gasteiger partial charge on any atom is -0.351 e. The van der Waals surface area contributed by atoms with Crippen molar-refractivity contribution in [1.82, 2.24) is 21.5 Å². The van der Waals surface area contributed by atoms with Gasteiger partial charge in [0.25, 0.3) is 5.91 Å². The van der Waals surface area contributed by atoms with Crippen LogP contribution in [0.5, 0.6) is 0 Å². The first kappa shape index (κ1) is 17.7. The highest BCUT2D eigenvalue weighted by Crippen LogP contribution is 2.18. The topological polar surface area (TPSA) is 116 Å². The van der Waals surface area contributed by atoms with E-state index in [9.17, 15) is 19.2 Å². The van der Waals surface area contributed by atoms with Crippen molar-refractivity contribution in [3.8, 4) is 0 Å². The largest absolute Gasteiger partial charge is 0.351 e. The molecule has 24 heavy (non-hydrogen) atoms. The van der Waals surface area contributed by atoms with Crippen LogP contribution in [-0.4, -0.2) is 36.2 Å². The van der Waals surface area contributed by atoms with Gasteiger partial charge in [-0.2, -0.15) is 0 Å². The Morgan fingerprint density at radius 2 is 1.75 bits per heavy atom. The lowest BCUT2D eigenvalue weighted by molar-refractivity contribution is -0.141. The minimum absolute atomic E-state index is 0.0546. The van der Waals surface area contributed by atoms with E-state index in [0.717, 1.165) is 12.8 Å². The third-order valence-corrected chi connectivity index (χ3v) is 3.52. The average Bonchev–Trinajstić information content (AvgIpc) is 3.36. The van der Waals surface area contributed by atoms with Crippen LogP contribution in [0.2, 0.25) is 5.02 Å². The lowest BCUT2D eigenvalue weighted by Gasteiger charge is -2.08. The van der Waals surface area contributed by atoms with Crippen LogP contribution >= 0.6 is 11.6 Å². The summed E-state index contributed by atoms with van der Waals surface area (Å²) in [6.07, 6.45) is 1.65. The van der Waals surface area contributed by atoms with E-state index in [2.05, 4.69) is 16.1 Å². The second kappa shape index (κ2) is 8.30. The highest BCUT2D eigenvalue weighted by atomic mass is 35.5. The third kappa shape index (κ3) is 5.54. The summed E-state index contributed by atoms with van der Waals surface area (Å²) in [6.45, 7) is 0.0556. The fourth-order valence-corrected chi connectivity index (χ4v) is 1.98. The van der Waals surface area contributed by atoms with Gasteiger partial charge in [0.15, 0.2) is 0 Å². The molecule has 0 saturated heterocycles. The van der Waals surface area contributed by atoms with Gasteiger partial charge in [0.1, 0.15) is 0 Å². The molecular weight excluding hydrogens is 336 g/mol. The molecule has 4 N–H and O–H groups in total. The average molecular weight is 353 g/mol. The van der Waals surface area contributed by atoms with Crippen molar-refractivity contribution in [2.75, 3.05) is 6.54 Å². The summed E-state index contributed by atoms with van der Waals surface area (Å²) in [7, 11) is 0. The summed E-state index contributed by atoms with van der Waals surface area (Å²) in [4.78, 5) is 46.2. The first-order valence-electron chi connectivity index (χ1n) is 7.40. The van der Waals surface area contributed by atoms with Crippen LogP contribution in [0.15, 0.2) is 24.3 Å². The predicted octanol–water partition coefficient (Wildman–Crippen LogP) is -0.114. The van der Waals surface area contributed by atoms with Gasteiger partial charge in [-0.15, -0.1) is 0 Å². The highest BCUT2D eigenvalue weighted by Gasteiger charge is 2.26. The summed E-state index contributed by atoms with van der Waals surface area (Å²) in [5.41, 5.74) is 4.42. The van der Waals surface area contributed by atoms with Crippen molar-refractivity contribution in [2.45, 2.75) is 25.3 Å². The molecule has 1 aliphatic rings. The zero-order valence-electron chi connectivity index (χ0n) is 12.7. The molecule has 1 aromatic rings. The number of carbonyl (C=O) groups excluding carboxylic acids is 4. The number of hydrogen-bond acceptors (Lipinski definition) is 4. The van der Waals surface area contributed by atoms with E-state index in [1.165, 1.54) is 0 Å². The van der Waals surface area contributed by atoms with Gasteiger partial charge in [-0.05, 0) is 25.0 Å². The molecule has 0 spiro atoms. The number of hydrogen-bond donors (Lipinski definition) is 4. The van der Waals surface area contributed by atoms with Crippen LogP contribution in [0.1, 0.15) is 29.6 Å². The number of amides is 4. The second-order valence-electron chi connectivity index (χ2n) is 5.24. The van der Waals surface area contributed by atoms with Crippen molar-refractivity contribution >= 4 is 35.2 Å². The predicted molar refractivity (Wildman–Crippen MR) is 85.9 cm³/mol. The van der Waals surface area contributed by atoms with Crippen molar-refractivity contribution in [3.05, 3.63) is 34.9 Å². The van der Waals surface area contributed by atoms with Crippen LogP contribution < -0.4 is 21.5 Å². The number of nitrogens with one attached hydrogen (secondary N) is 4. The van der Waals surface area contributed by atoms with Crippen LogP contribution in [0.3, 0.4) is 0 Å². The van der Waals surface area contributed by atoms with E-state index in [-0.39, 0.29) is 19.0 Å². The molecule has 0 bridgehead atoms. The Labute approximate surface area is 143 Å². The van der Waals surface area contributed by atoms with Crippen molar-refractivity contribution in [1.29, 1.82) is 0 Å². The van der Waals surface area contributed by atoms with Gasteiger partial charge in [0.2, 0.25) is 5.91 Å². The molecule has 8 nitrogen and oxygen atoms in total.